The minimum Gasteiger partial charge on any atom is -0.378 e. The Morgan fingerprint density at radius 1 is 1.09 bits per heavy atom. The van der Waals surface area contributed by atoms with Gasteiger partial charge in [0.25, 0.3) is 0 Å². The number of unbranched alkanes of at least 4 members (excludes halogenated alkanes) is 2. The van der Waals surface area contributed by atoms with Crippen molar-refractivity contribution in [1.82, 2.24) is 36.7 Å². The molecule has 0 aliphatic carbocycles. The summed E-state index contributed by atoms with van der Waals surface area (Å²) in [4.78, 5) is 22.0. The van der Waals surface area contributed by atoms with Gasteiger partial charge in [0, 0.05) is 31.0 Å². The highest BCUT2D eigenvalue weighted by Gasteiger charge is 2.42. The molecule has 2 saturated heterocycles. The summed E-state index contributed by atoms with van der Waals surface area (Å²) in [6.45, 7) is 5.18. The van der Waals surface area contributed by atoms with Crippen molar-refractivity contribution in [2.45, 2.75) is 49.9 Å². The minimum atomic E-state index is -0.0187. The van der Waals surface area contributed by atoms with E-state index < -0.39 is 0 Å². The molecule has 3 atom stereocenters. The van der Waals surface area contributed by atoms with E-state index in [-0.39, 0.29) is 11.9 Å². The molecule has 182 valence electrons. The zero-order chi connectivity index (χ0) is 23.3. The maximum Gasteiger partial charge on any atom is 0.315 e. The third kappa shape index (κ3) is 8.82. The number of aromatic nitrogens is 3. The van der Waals surface area contributed by atoms with E-state index >= 15 is 0 Å². The number of rotatable bonds is 12. The van der Waals surface area contributed by atoms with Gasteiger partial charge in [-0.15, -0.1) is 0 Å². The highest BCUT2D eigenvalue weighted by atomic mass is 32.2. The number of hydrogen-bond acceptors (Lipinski definition) is 7. The number of para-hydroxylation sites is 2. The smallest absolute Gasteiger partial charge is 0.315 e. The molecule has 1 aromatic heterocycles. The number of H-pyrrole nitrogens is 1. The average Bonchev–Trinajstić information content (AvgIpc) is 3.51. The number of nitrogens with zero attached hydrogens (tertiary/aromatic N) is 2. The monoisotopic (exact) mass is 477 g/mol. The predicted octanol–water partition coefficient (Wildman–Crippen LogP) is 1.41. The molecular formula is C22H35N7O3S. The van der Waals surface area contributed by atoms with E-state index in [1.54, 1.807) is 0 Å². The Labute approximate surface area is 198 Å². The number of carbonyl (C=O) groups excluding carboxylic acids is 2. The first kappa shape index (κ1) is 25.3. The van der Waals surface area contributed by atoms with Crippen LogP contribution in [0.2, 0.25) is 0 Å². The number of amides is 3. The van der Waals surface area contributed by atoms with Crippen LogP contribution in [-0.4, -0.2) is 83.3 Å². The van der Waals surface area contributed by atoms with Gasteiger partial charge >= 0.3 is 6.03 Å². The van der Waals surface area contributed by atoms with Gasteiger partial charge in [-0.3, -0.25) is 4.79 Å². The molecule has 33 heavy (non-hydrogen) atoms. The zero-order valence-corrected chi connectivity index (χ0v) is 20.0. The number of aromatic amines is 1. The Kier molecular flexibility index (Phi) is 10.7. The van der Waals surface area contributed by atoms with Gasteiger partial charge in [0.1, 0.15) is 11.0 Å². The van der Waals surface area contributed by atoms with Gasteiger partial charge in [0.15, 0.2) is 0 Å². The third-order valence-corrected chi connectivity index (χ3v) is 7.06. The van der Waals surface area contributed by atoms with Crippen LogP contribution in [0.25, 0.3) is 11.0 Å². The first-order valence-corrected chi connectivity index (χ1v) is 12.7. The van der Waals surface area contributed by atoms with Crippen molar-refractivity contribution >= 4 is 34.7 Å². The lowest BCUT2D eigenvalue weighted by atomic mass is 10.0. The fourth-order valence-corrected chi connectivity index (χ4v) is 5.42. The van der Waals surface area contributed by atoms with Crippen LogP contribution in [0, 0.1) is 0 Å². The molecule has 0 spiro atoms. The summed E-state index contributed by atoms with van der Waals surface area (Å²) < 4.78 is 5.41. The molecule has 10 nitrogen and oxygen atoms in total. The van der Waals surface area contributed by atoms with E-state index in [1.807, 2.05) is 36.0 Å². The van der Waals surface area contributed by atoms with Gasteiger partial charge < -0.3 is 26.0 Å². The standard InChI is InChI=1S/C16H30N4O3S.C6H5N3/c1-12(21)18-8-10-23-9-7-17-6-4-2-3-5-14-15-13(11-24-14)19-16(22)20-15;1-2-4-6-5(3-1)7-9-8-6/h13-15,17H,2-11H2,1H3,(H,18,21)(H2,19,20,22);1-4H,(H,7,8,9). The Bertz CT molecular complexity index is 835. The van der Waals surface area contributed by atoms with Crippen molar-refractivity contribution in [3.05, 3.63) is 24.3 Å². The Morgan fingerprint density at radius 3 is 2.61 bits per heavy atom. The van der Waals surface area contributed by atoms with Crippen LogP contribution in [0.1, 0.15) is 32.6 Å². The maximum atomic E-state index is 11.3. The normalized spacial score (nSPS) is 21.1. The van der Waals surface area contributed by atoms with Crippen LogP contribution >= 0.6 is 11.8 Å². The molecule has 2 aliphatic rings. The van der Waals surface area contributed by atoms with E-state index in [2.05, 4.69) is 36.7 Å². The number of fused-ring (bicyclic) bond motifs is 2. The lowest BCUT2D eigenvalue weighted by molar-refractivity contribution is -0.119. The number of hydrogen-bond donors (Lipinski definition) is 5. The van der Waals surface area contributed by atoms with Crippen molar-refractivity contribution in [1.29, 1.82) is 0 Å². The molecule has 0 radical (unpaired) electrons. The van der Waals surface area contributed by atoms with Crippen molar-refractivity contribution in [3.8, 4) is 0 Å². The van der Waals surface area contributed by atoms with Gasteiger partial charge in [-0.25, -0.2) is 4.79 Å². The first-order chi connectivity index (χ1) is 16.1. The Balaban J connectivity index is 0.000000280. The summed E-state index contributed by atoms with van der Waals surface area (Å²) in [6, 6.07) is 8.36. The zero-order valence-electron chi connectivity index (χ0n) is 19.1. The van der Waals surface area contributed by atoms with Crippen molar-refractivity contribution in [2.75, 3.05) is 38.6 Å². The molecule has 3 unspecified atom stereocenters. The van der Waals surface area contributed by atoms with Gasteiger partial charge in [0.2, 0.25) is 5.91 Å². The largest absolute Gasteiger partial charge is 0.378 e. The maximum absolute atomic E-state index is 11.3. The number of nitrogens with one attached hydrogen (secondary N) is 5. The van der Waals surface area contributed by atoms with Gasteiger partial charge in [-0.1, -0.05) is 25.0 Å². The van der Waals surface area contributed by atoms with Crippen LogP contribution in [0.3, 0.4) is 0 Å². The topological polar surface area (TPSA) is 133 Å². The fourth-order valence-electron chi connectivity index (χ4n) is 3.87. The van der Waals surface area contributed by atoms with E-state index in [4.69, 9.17) is 4.74 Å². The van der Waals surface area contributed by atoms with Crippen molar-refractivity contribution in [3.63, 3.8) is 0 Å². The molecule has 0 bridgehead atoms. The lowest BCUT2D eigenvalue weighted by Crippen LogP contribution is -2.36. The molecule has 2 aliphatic heterocycles. The predicted molar refractivity (Wildman–Crippen MR) is 130 cm³/mol. The summed E-state index contributed by atoms with van der Waals surface area (Å²) in [7, 11) is 0. The molecule has 2 fully saturated rings. The lowest BCUT2D eigenvalue weighted by Gasteiger charge is -2.16. The van der Waals surface area contributed by atoms with E-state index in [0.29, 0.717) is 37.1 Å². The van der Waals surface area contributed by atoms with Gasteiger partial charge in [-0.05, 0) is 31.5 Å². The molecule has 5 N–H and O–H groups in total. The molecule has 4 rings (SSSR count). The van der Waals surface area contributed by atoms with Crippen LogP contribution in [-0.2, 0) is 9.53 Å². The fraction of sp³-hybridized carbons (Fsp3) is 0.636. The quantitative estimate of drug-likeness (QED) is 0.231. The molecule has 2 aromatic rings. The van der Waals surface area contributed by atoms with Gasteiger partial charge in [-0.2, -0.15) is 27.2 Å². The van der Waals surface area contributed by atoms with E-state index in [1.165, 1.54) is 32.6 Å². The van der Waals surface area contributed by atoms with E-state index in [9.17, 15) is 9.59 Å². The highest BCUT2D eigenvalue weighted by molar-refractivity contribution is 8.00. The summed E-state index contributed by atoms with van der Waals surface area (Å²) >= 11 is 1.98. The second-order valence-electron chi connectivity index (χ2n) is 8.13. The summed E-state index contributed by atoms with van der Waals surface area (Å²) in [5, 5.41) is 23.0. The molecule has 11 heteroatoms. The summed E-state index contributed by atoms with van der Waals surface area (Å²) in [5.41, 5.74) is 1.83. The van der Waals surface area contributed by atoms with Crippen LogP contribution in [0.4, 0.5) is 4.79 Å². The highest BCUT2D eigenvalue weighted by Crippen LogP contribution is 2.33. The molecule has 3 amide bonds. The van der Waals surface area contributed by atoms with Gasteiger partial charge in [0.05, 0.1) is 25.3 Å². The summed E-state index contributed by atoms with van der Waals surface area (Å²) in [5.74, 6) is 1.02. The third-order valence-electron chi connectivity index (χ3n) is 5.55. The van der Waals surface area contributed by atoms with Crippen LogP contribution in [0.15, 0.2) is 24.3 Å². The van der Waals surface area contributed by atoms with Crippen LogP contribution < -0.4 is 21.3 Å². The molecule has 0 saturated carbocycles. The minimum absolute atomic E-state index is 0.00112. The van der Waals surface area contributed by atoms with Crippen molar-refractivity contribution in [2.24, 2.45) is 0 Å². The second-order valence-corrected chi connectivity index (χ2v) is 9.40. The molecular weight excluding hydrogens is 442 g/mol. The number of benzene rings is 1. The van der Waals surface area contributed by atoms with Crippen molar-refractivity contribution < 1.29 is 14.3 Å². The Hall–Kier alpha value is -2.37. The number of ether oxygens (including phenoxy) is 1. The number of thioether (sulfide) groups is 1. The van der Waals surface area contributed by atoms with E-state index in [0.717, 1.165) is 29.9 Å². The molecule has 1 aromatic carbocycles. The number of urea groups is 1. The molecule has 3 heterocycles. The SMILES string of the molecule is CC(=O)NCCOCCNCCCCCC1SCC2NC(=O)NC21.c1ccc2n[nH]nc2c1. The summed E-state index contributed by atoms with van der Waals surface area (Å²) in [6.07, 6.45) is 4.78. The first-order valence-electron chi connectivity index (χ1n) is 11.6. The van der Waals surface area contributed by atoms with Crippen LogP contribution in [0.5, 0.6) is 0 Å². The Morgan fingerprint density at radius 2 is 1.85 bits per heavy atom. The average molecular weight is 478 g/mol. The second kappa shape index (κ2) is 14.0. The number of carbonyl (C=O) groups is 2.